The highest BCUT2D eigenvalue weighted by molar-refractivity contribution is 5.70. The van der Waals surface area contributed by atoms with Crippen LogP contribution in [0, 0.1) is 0 Å². The fourth-order valence-electron chi connectivity index (χ4n) is 1.45. The molecule has 0 amide bonds. The van der Waals surface area contributed by atoms with Crippen molar-refractivity contribution < 1.29 is 9.63 Å². The van der Waals surface area contributed by atoms with Crippen LogP contribution in [0.25, 0.3) is 12.2 Å². The Hall–Kier alpha value is -2.03. The number of nitrogens with zero attached hydrogens (tertiary/aromatic N) is 1. The molecule has 0 saturated heterocycles. The van der Waals surface area contributed by atoms with Gasteiger partial charge in [0.1, 0.15) is 5.75 Å². The summed E-state index contributed by atoms with van der Waals surface area (Å²) in [6, 6.07) is 9.06. The maximum Gasteiger partial charge on any atom is 0.159 e. The summed E-state index contributed by atoms with van der Waals surface area (Å²) >= 11 is 0. The number of phenolic OH excluding ortho intramolecular Hbond substituents is 1. The molecule has 1 aromatic heterocycles. The van der Waals surface area contributed by atoms with Crippen molar-refractivity contribution in [3.05, 3.63) is 47.3 Å². The van der Waals surface area contributed by atoms with E-state index in [-0.39, 0.29) is 5.75 Å². The van der Waals surface area contributed by atoms with Gasteiger partial charge in [0, 0.05) is 11.6 Å². The van der Waals surface area contributed by atoms with Gasteiger partial charge in [0.25, 0.3) is 0 Å². The average molecular weight is 229 g/mol. The summed E-state index contributed by atoms with van der Waals surface area (Å²) in [5.74, 6) is 1.30. The van der Waals surface area contributed by atoms with Crippen LogP contribution in [0.3, 0.4) is 0 Å². The predicted molar refractivity (Wildman–Crippen MR) is 67.6 cm³/mol. The molecule has 2 aromatic rings. The maximum atomic E-state index is 9.58. The molecule has 2 rings (SSSR count). The van der Waals surface area contributed by atoms with Crippen LogP contribution in [-0.4, -0.2) is 10.3 Å². The molecule has 17 heavy (non-hydrogen) atoms. The van der Waals surface area contributed by atoms with Crippen molar-refractivity contribution in [3.63, 3.8) is 0 Å². The first-order chi connectivity index (χ1) is 8.16. The third-order valence-corrected chi connectivity index (χ3v) is 2.50. The summed E-state index contributed by atoms with van der Waals surface area (Å²) < 4.78 is 5.17. The molecule has 0 atom stereocenters. The van der Waals surface area contributed by atoms with Gasteiger partial charge in [0.05, 0.1) is 5.69 Å². The second-order valence-corrected chi connectivity index (χ2v) is 4.20. The van der Waals surface area contributed by atoms with Crippen molar-refractivity contribution in [3.8, 4) is 5.75 Å². The fraction of sp³-hybridized carbons (Fsp3) is 0.214. The largest absolute Gasteiger partial charge is 0.507 e. The number of phenols is 1. The summed E-state index contributed by atoms with van der Waals surface area (Å²) in [6.45, 7) is 4.13. The lowest BCUT2D eigenvalue weighted by molar-refractivity contribution is 0.402. The molecule has 0 bridgehead atoms. The van der Waals surface area contributed by atoms with Crippen LogP contribution in [0.5, 0.6) is 5.75 Å². The first-order valence-electron chi connectivity index (χ1n) is 5.59. The maximum absolute atomic E-state index is 9.58. The van der Waals surface area contributed by atoms with Crippen LogP contribution >= 0.6 is 0 Å². The van der Waals surface area contributed by atoms with Gasteiger partial charge in [-0.05, 0) is 24.1 Å². The van der Waals surface area contributed by atoms with Crippen molar-refractivity contribution in [1.82, 2.24) is 5.16 Å². The van der Waals surface area contributed by atoms with E-state index in [1.54, 1.807) is 24.3 Å². The Morgan fingerprint density at radius 2 is 2.00 bits per heavy atom. The molecule has 0 fully saturated rings. The third-order valence-electron chi connectivity index (χ3n) is 2.50. The van der Waals surface area contributed by atoms with Crippen LogP contribution in [0.2, 0.25) is 0 Å². The van der Waals surface area contributed by atoms with Crippen LogP contribution in [0.1, 0.15) is 36.8 Å². The summed E-state index contributed by atoms with van der Waals surface area (Å²) in [5.41, 5.74) is 1.69. The third kappa shape index (κ3) is 2.75. The summed E-state index contributed by atoms with van der Waals surface area (Å²) in [7, 11) is 0. The van der Waals surface area contributed by atoms with E-state index in [2.05, 4.69) is 19.0 Å². The molecular formula is C14H15NO2. The standard InChI is InChI=1S/C14H15NO2/c1-10(2)13-9-12(17-15-13)8-7-11-5-3-4-6-14(11)16/h3-10,16H,1-2H3. The van der Waals surface area contributed by atoms with Gasteiger partial charge in [-0.3, -0.25) is 0 Å². The first kappa shape index (κ1) is 11.5. The average Bonchev–Trinajstić information content (AvgIpc) is 2.77. The van der Waals surface area contributed by atoms with Gasteiger partial charge in [-0.1, -0.05) is 37.2 Å². The van der Waals surface area contributed by atoms with Crippen LogP contribution in [-0.2, 0) is 0 Å². The normalized spacial score (nSPS) is 11.5. The van der Waals surface area contributed by atoms with Crippen LogP contribution in [0.4, 0.5) is 0 Å². The van der Waals surface area contributed by atoms with Gasteiger partial charge in [-0.2, -0.15) is 0 Å². The van der Waals surface area contributed by atoms with Crippen molar-refractivity contribution in [2.45, 2.75) is 19.8 Å². The van der Waals surface area contributed by atoms with Crippen LogP contribution < -0.4 is 0 Å². The first-order valence-corrected chi connectivity index (χ1v) is 5.59. The van der Waals surface area contributed by atoms with E-state index in [1.807, 2.05) is 18.2 Å². The van der Waals surface area contributed by atoms with E-state index < -0.39 is 0 Å². The van der Waals surface area contributed by atoms with E-state index in [1.165, 1.54) is 0 Å². The lowest BCUT2D eigenvalue weighted by Gasteiger charge is -1.95. The van der Waals surface area contributed by atoms with Gasteiger partial charge in [-0.15, -0.1) is 0 Å². The molecule has 0 unspecified atom stereocenters. The molecule has 0 aliphatic rings. The van der Waals surface area contributed by atoms with Gasteiger partial charge in [0.15, 0.2) is 5.76 Å². The van der Waals surface area contributed by atoms with E-state index in [4.69, 9.17) is 4.52 Å². The quantitative estimate of drug-likeness (QED) is 0.873. The Morgan fingerprint density at radius 3 is 2.65 bits per heavy atom. The Bertz CT molecular complexity index is 527. The molecule has 3 heteroatoms. The van der Waals surface area contributed by atoms with Gasteiger partial charge in [-0.25, -0.2) is 0 Å². The fourth-order valence-corrected chi connectivity index (χ4v) is 1.45. The number of aromatic nitrogens is 1. The van der Waals surface area contributed by atoms with Gasteiger partial charge < -0.3 is 9.63 Å². The molecule has 1 heterocycles. The highest BCUT2D eigenvalue weighted by atomic mass is 16.5. The smallest absolute Gasteiger partial charge is 0.159 e. The second kappa shape index (κ2) is 4.87. The van der Waals surface area contributed by atoms with Crippen molar-refractivity contribution >= 4 is 12.2 Å². The highest BCUT2D eigenvalue weighted by Crippen LogP contribution is 2.20. The number of rotatable bonds is 3. The van der Waals surface area contributed by atoms with Crippen LogP contribution in [0.15, 0.2) is 34.9 Å². The Balaban J connectivity index is 2.18. The summed E-state index contributed by atoms with van der Waals surface area (Å²) in [4.78, 5) is 0. The molecular weight excluding hydrogens is 214 g/mol. The molecule has 0 saturated carbocycles. The highest BCUT2D eigenvalue weighted by Gasteiger charge is 2.05. The van der Waals surface area contributed by atoms with E-state index >= 15 is 0 Å². The molecule has 0 aliphatic heterocycles. The number of hydrogen-bond acceptors (Lipinski definition) is 3. The molecule has 0 aliphatic carbocycles. The van der Waals surface area contributed by atoms with E-state index in [0.717, 1.165) is 11.3 Å². The van der Waals surface area contributed by atoms with Crippen molar-refractivity contribution in [2.24, 2.45) is 0 Å². The predicted octanol–water partition coefficient (Wildman–Crippen LogP) is 3.67. The molecule has 1 aromatic carbocycles. The number of para-hydroxylation sites is 1. The lowest BCUT2D eigenvalue weighted by Crippen LogP contribution is -1.84. The number of aromatic hydroxyl groups is 1. The van der Waals surface area contributed by atoms with Gasteiger partial charge in [0.2, 0.25) is 0 Å². The Labute approximate surface area is 100 Å². The van der Waals surface area contributed by atoms with E-state index in [9.17, 15) is 5.11 Å². The van der Waals surface area contributed by atoms with Crippen molar-refractivity contribution in [2.75, 3.05) is 0 Å². The zero-order chi connectivity index (χ0) is 12.3. The monoisotopic (exact) mass is 229 g/mol. The minimum atomic E-state index is 0.257. The van der Waals surface area contributed by atoms with E-state index in [0.29, 0.717) is 11.7 Å². The Morgan fingerprint density at radius 1 is 1.24 bits per heavy atom. The molecule has 3 nitrogen and oxygen atoms in total. The minimum absolute atomic E-state index is 0.257. The molecule has 88 valence electrons. The number of benzene rings is 1. The molecule has 0 radical (unpaired) electrons. The molecule has 0 spiro atoms. The number of hydrogen-bond donors (Lipinski definition) is 1. The van der Waals surface area contributed by atoms with Crippen molar-refractivity contribution in [1.29, 1.82) is 0 Å². The topological polar surface area (TPSA) is 46.3 Å². The minimum Gasteiger partial charge on any atom is -0.507 e. The zero-order valence-electron chi connectivity index (χ0n) is 9.92. The summed E-state index contributed by atoms with van der Waals surface area (Å²) in [6.07, 6.45) is 3.61. The SMILES string of the molecule is CC(C)c1cc(C=Cc2ccccc2O)on1. The lowest BCUT2D eigenvalue weighted by atomic mass is 10.1. The second-order valence-electron chi connectivity index (χ2n) is 4.20. The Kier molecular flexibility index (Phi) is 3.28. The van der Waals surface area contributed by atoms with Gasteiger partial charge >= 0.3 is 0 Å². The summed E-state index contributed by atoms with van der Waals surface area (Å²) in [5, 5.41) is 13.5. The molecule has 1 N–H and O–H groups in total. The zero-order valence-corrected chi connectivity index (χ0v) is 9.92.